The summed E-state index contributed by atoms with van der Waals surface area (Å²) in [5.74, 6) is -1.02. The normalized spacial score (nSPS) is 18.9. The highest BCUT2D eigenvalue weighted by molar-refractivity contribution is 5.88. The molecule has 5 N–H and O–H groups in total. The minimum atomic E-state index is -1.13. The number of benzene rings is 2. The molecule has 8 rings (SSSR count). The van der Waals surface area contributed by atoms with Crippen molar-refractivity contribution in [3.05, 3.63) is 94.6 Å². The Labute approximate surface area is 352 Å². The van der Waals surface area contributed by atoms with Crippen LogP contribution in [0.2, 0.25) is 0 Å². The molecule has 322 valence electrons. The predicted molar refractivity (Wildman–Crippen MR) is 222 cm³/mol. The Morgan fingerprint density at radius 2 is 1.16 bits per heavy atom. The van der Waals surface area contributed by atoms with Crippen molar-refractivity contribution in [3.63, 3.8) is 0 Å². The lowest BCUT2D eigenvalue weighted by molar-refractivity contribution is 0.0665. The van der Waals surface area contributed by atoms with Crippen LogP contribution in [0.25, 0.3) is 22.5 Å². The van der Waals surface area contributed by atoms with Gasteiger partial charge < -0.3 is 29.2 Å². The third-order valence-electron chi connectivity index (χ3n) is 11.4. The van der Waals surface area contributed by atoms with Crippen LogP contribution >= 0.6 is 0 Å². The molecule has 2 aliphatic rings. The Hall–Kier alpha value is -6.40. The second-order valence-corrected chi connectivity index (χ2v) is 15.4. The van der Waals surface area contributed by atoms with Crippen LogP contribution in [0.4, 0.5) is 0 Å². The molecule has 4 aromatic heterocycles. The molecule has 0 aliphatic heterocycles. The number of H-pyrrole nitrogens is 3. The van der Waals surface area contributed by atoms with Gasteiger partial charge in [0.1, 0.15) is 12.2 Å². The lowest BCUT2D eigenvalue weighted by Gasteiger charge is -2.29. The van der Waals surface area contributed by atoms with E-state index in [4.69, 9.17) is 24.1 Å². The number of methoxy groups -OCH3 is 2. The molecule has 0 spiro atoms. The number of carboxylic acid groups (broad SMARTS) is 2. The number of rotatable bonds is 16. The SMILES string of the molecule is COCCc1cc(-c2ccc(C3CCC(Oc4c(C(=O)O)nnn4C)CC3)cc2)n[nH]1.COCCc1cc(-c2ccc(C3CCC(Oc4nn[nH]c4C(=O)O)CC3)cc2)n[nH]1. The maximum Gasteiger partial charge on any atom is 0.362 e. The Kier molecular flexibility index (Phi) is 14.2. The number of carboxylic acids is 2. The summed E-state index contributed by atoms with van der Waals surface area (Å²) in [7, 11) is 5.03. The Bertz CT molecular complexity index is 2320. The third kappa shape index (κ3) is 10.9. The van der Waals surface area contributed by atoms with E-state index in [2.05, 4.69) is 107 Å². The molecule has 0 unspecified atom stereocenters. The van der Waals surface area contributed by atoms with Crippen LogP contribution in [0.15, 0.2) is 60.7 Å². The number of nitrogens with zero attached hydrogens (tertiary/aromatic N) is 7. The lowest BCUT2D eigenvalue weighted by Crippen LogP contribution is -2.25. The standard InChI is InChI=1S/C22H27N5O4.C21H25N5O4/c1-27-21(20(22(28)29)25-26-27)31-18-9-7-15(8-10-18)14-3-5-16(6-4-14)19-13-17(23-24-19)11-12-30-2;1-29-11-10-16-12-18(23-22-16)15-4-2-13(3-5-15)14-6-8-17(9-7-14)30-20-19(21(27)28)24-26-25-20/h3-6,13,15,18H,7-12H2,1-2H3,(H,23,24)(H,28,29);2-5,12,14,17H,6-11H2,1H3,(H,22,23)(H,27,28)(H,24,25,26). The molecule has 0 atom stereocenters. The molecule has 18 nitrogen and oxygen atoms in total. The van der Waals surface area contributed by atoms with Crippen molar-refractivity contribution in [2.24, 2.45) is 7.05 Å². The van der Waals surface area contributed by atoms with Crippen molar-refractivity contribution in [1.29, 1.82) is 0 Å². The molecule has 4 heterocycles. The van der Waals surface area contributed by atoms with Gasteiger partial charge in [-0.2, -0.15) is 10.2 Å². The number of carbonyl (C=O) groups is 2. The number of ether oxygens (including phenoxy) is 4. The van der Waals surface area contributed by atoms with Gasteiger partial charge in [-0.25, -0.2) is 19.4 Å². The first kappa shape index (κ1) is 42.7. The zero-order chi connectivity index (χ0) is 42.7. The number of hydrogen-bond acceptors (Lipinski definition) is 12. The van der Waals surface area contributed by atoms with Crippen LogP contribution in [-0.4, -0.2) is 113 Å². The molecule has 6 aromatic rings. The van der Waals surface area contributed by atoms with Crippen molar-refractivity contribution in [1.82, 2.24) is 50.8 Å². The molecule has 0 saturated heterocycles. The molecule has 0 radical (unpaired) electrons. The van der Waals surface area contributed by atoms with Gasteiger partial charge >= 0.3 is 11.9 Å². The van der Waals surface area contributed by atoms with E-state index in [-0.39, 0.29) is 35.4 Å². The Morgan fingerprint density at radius 3 is 1.62 bits per heavy atom. The molecule has 0 bridgehead atoms. The van der Waals surface area contributed by atoms with Crippen molar-refractivity contribution in [2.75, 3.05) is 27.4 Å². The minimum Gasteiger partial charge on any atom is -0.476 e. The number of nitrogens with one attached hydrogen (secondary N) is 3. The second kappa shape index (κ2) is 20.2. The van der Waals surface area contributed by atoms with E-state index in [1.807, 2.05) is 0 Å². The number of hydrogen-bond donors (Lipinski definition) is 5. The molecule has 0 amide bonds. The van der Waals surface area contributed by atoms with Crippen LogP contribution in [0, 0.1) is 0 Å². The summed E-state index contributed by atoms with van der Waals surface area (Å²) in [6.07, 6.45) is 8.91. The number of aromatic amines is 3. The van der Waals surface area contributed by atoms with Crippen LogP contribution in [0.5, 0.6) is 11.8 Å². The third-order valence-corrected chi connectivity index (χ3v) is 11.4. The van der Waals surface area contributed by atoms with E-state index in [1.165, 1.54) is 15.8 Å². The molecular weight excluding hydrogens is 785 g/mol. The minimum absolute atomic E-state index is 0.0274. The van der Waals surface area contributed by atoms with Gasteiger partial charge in [0.05, 0.1) is 24.6 Å². The molecule has 2 aromatic carbocycles. The number of aromatic carboxylic acids is 2. The van der Waals surface area contributed by atoms with Crippen LogP contribution in [0.3, 0.4) is 0 Å². The first-order valence-electron chi connectivity index (χ1n) is 20.6. The molecule has 2 aliphatic carbocycles. The Balaban J connectivity index is 0.000000184. The van der Waals surface area contributed by atoms with Crippen LogP contribution in [-0.2, 0) is 29.4 Å². The first-order valence-corrected chi connectivity index (χ1v) is 20.6. The summed E-state index contributed by atoms with van der Waals surface area (Å²) in [6, 6.07) is 21.3. The van der Waals surface area contributed by atoms with Gasteiger partial charge in [-0.3, -0.25) is 10.2 Å². The zero-order valence-electron chi connectivity index (χ0n) is 34.5. The van der Waals surface area contributed by atoms with Gasteiger partial charge in [-0.1, -0.05) is 64.1 Å². The van der Waals surface area contributed by atoms with Crippen molar-refractivity contribution >= 4 is 11.9 Å². The summed E-state index contributed by atoms with van der Waals surface area (Å²) >= 11 is 0. The fourth-order valence-corrected chi connectivity index (χ4v) is 7.95. The molecule has 18 heteroatoms. The van der Waals surface area contributed by atoms with Crippen LogP contribution in [0.1, 0.15) is 107 Å². The van der Waals surface area contributed by atoms with Crippen molar-refractivity contribution in [3.8, 4) is 34.3 Å². The van der Waals surface area contributed by atoms with Crippen molar-refractivity contribution in [2.45, 2.75) is 88.3 Å². The van der Waals surface area contributed by atoms with E-state index in [0.29, 0.717) is 25.0 Å². The number of aryl methyl sites for hydroxylation is 1. The molecule has 2 fully saturated rings. The van der Waals surface area contributed by atoms with Crippen molar-refractivity contribution < 1.29 is 38.7 Å². The summed E-state index contributed by atoms with van der Waals surface area (Å²) < 4.78 is 23.3. The monoisotopic (exact) mass is 836 g/mol. The number of aromatic nitrogens is 10. The quantitative estimate of drug-likeness (QED) is 0.0711. The fraction of sp³-hybridized carbons (Fsp3) is 0.442. The summed E-state index contributed by atoms with van der Waals surface area (Å²) in [5, 5.41) is 50.3. The van der Waals surface area contributed by atoms with Gasteiger partial charge in [-0.05, 0) is 86.5 Å². The highest BCUT2D eigenvalue weighted by Gasteiger charge is 2.29. The van der Waals surface area contributed by atoms with Gasteiger partial charge in [0.15, 0.2) is 0 Å². The maximum atomic E-state index is 11.3. The molecule has 61 heavy (non-hydrogen) atoms. The second-order valence-electron chi connectivity index (χ2n) is 15.4. The van der Waals surface area contributed by atoms with Crippen LogP contribution < -0.4 is 9.47 Å². The zero-order valence-corrected chi connectivity index (χ0v) is 34.5. The van der Waals surface area contributed by atoms with E-state index >= 15 is 0 Å². The van der Waals surface area contributed by atoms with Gasteiger partial charge in [0.25, 0.3) is 5.88 Å². The van der Waals surface area contributed by atoms with E-state index < -0.39 is 11.9 Å². The van der Waals surface area contributed by atoms with Gasteiger partial charge in [-0.15, -0.1) is 5.10 Å². The van der Waals surface area contributed by atoms with Gasteiger partial charge in [0, 0.05) is 56.6 Å². The first-order chi connectivity index (χ1) is 29.7. The van der Waals surface area contributed by atoms with E-state index in [9.17, 15) is 14.7 Å². The Morgan fingerprint density at radius 1 is 0.672 bits per heavy atom. The molecular formula is C43H52N10O8. The summed E-state index contributed by atoms with van der Waals surface area (Å²) in [5.41, 5.74) is 8.56. The average Bonchev–Trinajstić information content (AvgIpc) is 4.12. The molecule has 2 saturated carbocycles. The van der Waals surface area contributed by atoms with E-state index in [1.54, 1.807) is 21.3 Å². The fourth-order valence-electron chi connectivity index (χ4n) is 7.95. The van der Waals surface area contributed by atoms with E-state index in [0.717, 1.165) is 98.1 Å². The summed E-state index contributed by atoms with van der Waals surface area (Å²) in [6.45, 7) is 1.34. The predicted octanol–water partition coefficient (Wildman–Crippen LogP) is 6.38. The maximum absolute atomic E-state index is 11.3. The highest BCUT2D eigenvalue weighted by atomic mass is 16.5. The topological polar surface area (TPSA) is 241 Å². The highest BCUT2D eigenvalue weighted by Crippen LogP contribution is 2.37. The van der Waals surface area contributed by atoms with Gasteiger partial charge in [0.2, 0.25) is 17.3 Å². The largest absolute Gasteiger partial charge is 0.476 e. The average molecular weight is 837 g/mol. The summed E-state index contributed by atoms with van der Waals surface area (Å²) in [4.78, 5) is 22.4. The smallest absolute Gasteiger partial charge is 0.362 e. The lowest BCUT2D eigenvalue weighted by atomic mass is 9.82.